The van der Waals surface area contributed by atoms with Crippen LogP contribution in [0.25, 0.3) is 0 Å². The maximum atomic E-state index is 3.42. The van der Waals surface area contributed by atoms with Crippen molar-refractivity contribution in [1.29, 1.82) is 0 Å². The molecule has 1 rings (SSSR count). The van der Waals surface area contributed by atoms with Crippen LogP contribution in [-0.4, -0.2) is 6.54 Å². The largest absolute Gasteiger partial charge is 0.385 e. The summed E-state index contributed by atoms with van der Waals surface area (Å²) in [5, 5.41) is 3.42. The number of rotatable bonds is 6. The highest BCUT2D eigenvalue weighted by molar-refractivity contribution is 5.42. The van der Waals surface area contributed by atoms with Gasteiger partial charge in [-0.1, -0.05) is 44.9 Å². The second kappa shape index (κ2) is 6.47. The van der Waals surface area contributed by atoms with Crippen molar-refractivity contribution >= 4 is 5.69 Å². The molecule has 14 heavy (non-hydrogen) atoms. The summed E-state index contributed by atoms with van der Waals surface area (Å²) in [7, 11) is 0. The lowest BCUT2D eigenvalue weighted by atomic mass is 10.1. The van der Waals surface area contributed by atoms with Gasteiger partial charge in [-0.2, -0.15) is 0 Å². The molecule has 1 N–H and O–H groups in total. The Hall–Kier alpha value is -0.980. The molecule has 1 nitrogen and oxygen atoms in total. The van der Waals surface area contributed by atoms with Crippen molar-refractivity contribution in [2.75, 3.05) is 11.9 Å². The fourth-order valence-electron chi connectivity index (χ4n) is 1.47. The SMILES string of the molecule is CC(C)CCCCNc1ccccc1. The standard InChI is InChI=1S/C13H21N/c1-12(2)8-6-7-11-14-13-9-4-3-5-10-13/h3-5,9-10,12,14H,6-8,11H2,1-2H3. The molecule has 0 aliphatic heterocycles. The van der Waals surface area contributed by atoms with E-state index >= 15 is 0 Å². The summed E-state index contributed by atoms with van der Waals surface area (Å²) in [5.74, 6) is 0.840. The van der Waals surface area contributed by atoms with Gasteiger partial charge in [0.05, 0.1) is 0 Å². The normalized spacial score (nSPS) is 10.5. The van der Waals surface area contributed by atoms with Crippen molar-refractivity contribution in [1.82, 2.24) is 0 Å². The predicted octanol–water partition coefficient (Wildman–Crippen LogP) is 3.92. The Morgan fingerprint density at radius 1 is 1.07 bits per heavy atom. The molecule has 1 aromatic rings. The van der Waals surface area contributed by atoms with Gasteiger partial charge in [-0.3, -0.25) is 0 Å². The van der Waals surface area contributed by atoms with Crippen LogP contribution in [0.2, 0.25) is 0 Å². The monoisotopic (exact) mass is 191 g/mol. The van der Waals surface area contributed by atoms with Crippen molar-refractivity contribution in [3.05, 3.63) is 30.3 Å². The van der Waals surface area contributed by atoms with Crippen LogP contribution in [-0.2, 0) is 0 Å². The molecular formula is C13H21N. The van der Waals surface area contributed by atoms with Crippen LogP contribution >= 0.6 is 0 Å². The molecule has 0 bridgehead atoms. The fraction of sp³-hybridized carbons (Fsp3) is 0.538. The minimum atomic E-state index is 0.840. The Morgan fingerprint density at radius 2 is 1.79 bits per heavy atom. The van der Waals surface area contributed by atoms with Crippen molar-refractivity contribution in [2.24, 2.45) is 5.92 Å². The molecule has 0 spiro atoms. The third kappa shape index (κ3) is 4.90. The van der Waals surface area contributed by atoms with Gasteiger partial charge in [-0.25, -0.2) is 0 Å². The summed E-state index contributed by atoms with van der Waals surface area (Å²) in [6.45, 7) is 5.66. The molecule has 0 amide bonds. The Balaban J connectivity index is 2.05. The molecule has 0 unspecified atom stereocenters. The fourth-order valence-corrected chi connectivity index (χ4v) is 1.47. The van der Waals surface area contributed by atoms with E-state index in [1.807, 2.05) is 6.07 Å². The topological polar surface area (TPSA) is 12.0 Å². The van der Waals surface area contributed by atoms with Gasteiger partial charge in [0, 0.05) is 12.2 Å². The molecule has 0 radical (unpaired) electrons. The molecule has 78 valence electrons. The Bertz CT molecular complexity index is 228. The van der Waals surface area contributed by atoms with Crippen molar-refractivity contribution < 1.29 is 0 Å². The lowest BCUT2D eigenvalue weighted by molar-refractivity contribution is 0.545. The molecular weight excluding hydrogens is 170 g/mol. The van der Waals surface area contributed by atoms with E-state index in [0.29, 0.717) is 0 Å². The summed E-state index contributed by atoms with van der Waals surface area (Å²) in [4.78, 5) is 0. The summed E-state index contributed by atoms with van der Waals surface area (Å²) in [6, 6.07) is 10.4. The van der Waals surface area contributed by atoms with E-state index in [-0.39, 0.29) is 0 Å². The second-order valence-electron chi connectivity index (χ2n) is 4.18. The molecule has 0 saturated heterocycles. The molecule has 0 fully saturated rings. The lowest BCUT2D eigenvalue weighted by Crippen LogP contribution is -2.01. The zero-order valence-corrected chi connectivity index (χ0v) is 9.29. The Labute approximate surface area is 87.5 Å². The molecule has 1 aromatic carbocycles. The van der Waals surface area contributed by atoms with Gasteiger partial charge in [0.1, 0.15) is 0 Å². The van der Waals surface area contributed by atoms with E-state index in [9.17, 15) is 0 Å². The lowest BCUT2D eigenvalue weighted by Gasteiger charge is -2.07. The average molecular weight is 191 g/mol. The van der Waals surface area contributed by atoms with E-state index in [2.05, 4.69) is 43.4 Å². The zero-order valence-electron chi connectivity index (χ0n) is 9.29. The quantitative estimate of drug-likeness (QED) is 0.672. The predicted molar refractivity (Wildman–Crippen MR) is 63.6 cm³/mol. The third-order valence-electron chi connectivity index (χ3n) is 2.31. The van der Waals surface area contributed by atoms with Crippen LogP contribution in [0.4, 0.5) is 5.69 Å². The maximum absolute atomic E-state index is 3.42. The molecule has 0 aliphatic carbocycles. The van der Waals surface area contributed by atoms with E-state index in [1.165, 1.54) is 24.9 Å². The Kier molecular flexibility index (Phi) is 5.13. The van der Waals surface area contributed by atoms with Gasteiger partial charge in [0.2, 0.25) is 0 Å². The molecule has 0 atom stereocenters. The van der Waals surface area contributed by atoms with Crippen LogP contribution in [0.15, 0.2) is 30.3 Å². The van der Waals surface area contributed by atoms with Gasteiger partial charge < -0.3 is 5.32 Å². The number of nitrogens with one attached hydrogen (secondary N) is 1. The second-order valence-corrected chi connectivity index (χ2v) is 4.18. The van der Waals surface area contributed by atoms with Crippen LogP contribution in [0.3, 0.4) is 0 Å². The third-order valence-corrected chi connectivity index (χ3v) is 2.31. The minimum absolute atomic E-state index is 0.840. The highest BCUT2D eigenvalue weighted by Crippen LogP contribution is 2.08. The number of unbranched alkanes of at least 4 members (excludes halogenated alkanes) is 1. The Morgan fingerprint density at radius 3 is 2.43 bits per heavy atom. The molecule has 0 saturated carbocycles. The molecule has 0 aromatic heterocycles. The highest BCUT2D eigenvalue weighted by Gasteiger charge is 1.94. The highest BCUT2D eigenvalue weighted by atomic mass is 14.9. The van der Waals surface area contributed by atoms with Crippen molar-refractivity contribution in [3.63, 3.8) is 0 Å². The molecule has 1 heteroatoms. The summed E-state index contributed by atoms with van der Waals surface area (Å²) >= 11 is 0. The minimum Gasteiger partial charge on any atom is -0.385 e. The van der Waals surface area contributed by atoms with Crippen molar-refractivity contribution in [2.45, 2.75) is 33.1 Å². The number of para-hydroxylation sites is 1. The first-order valence-corrected chi connectivity index (χ1v) is 5.58. The van der Waals surface area contributed by atoms with Crippen LogP contribution in [0.5, 0.6) is 0 Å². The first-order chi connectivity index (χ1) is 6.79. The summed E-state index contributed by atoms with van der Waals surface area (Å²) in [6.07, 6.45) is 3.95. The number of hydrogen-bond donors (Lipinski definition) is 1. The molecule has 0 aliphatic rings. The van der Waals surface area contributed by atoms with E-state index in [0.717, 1.165) is 12.5 Å². The van der Waals surface area contributed by atoms with Gasteiger partial charge in [0.25, 0.3) is 0 Å². The summed E-state index contributed by atoms with van der Waals surface area (Å²) < 4.78 is 0. The first-order valence-electron chi connectivity index (χ1n) is 5.58. The number of hydrogen-bond acceptors (Lipinski definition) is 1. The summed E-state index contributed by atoms with van der Waals surface area (Å²) in [5.41, 5.74) is 1.23. The van der Waals surface area contributed by atoms with Crippen LogP contribution in [0.1, 0.15) is 33.1 Å². The van der Waals surface area contributed by atoms with Crippen LogP contribution < -0.4 is 5.32 Å². The number of benzene rings is 1. The maximum Gasteiger partial charge on any atom is 0.0340 e. The average Bonchev–Trinajstić information content (AvgIpc) is 2.18. The van der Waals surface area contributed by atoms with Gasteiger partial charge in [0.15, 0.2) is 0 Å². The number of anilines is 1. The zero-order chi connectivity index (χ0) is 10.2. The van der Waals surface area contributed by atoms with Crippen molar-refractivity contribution in [3.8, 4) is 0 Å². The van der Waals surface area contributed by atoms with Gasteiger partial charge in [-0.05, 0) is 24.5 Å². The molecule has 0 heterocycles. The van der Waals surface area contributed by atoms with Gasteiger partial charge >= 0.3 is 0 Å². The van der Waals surface area contributed by atoms with E-state index in [4.69, 9.17) is 0 Å². The smallest absolute Gasteiger partial charge is 0.0340 e. The van der Waals surface area contributed by atoms with E-state index in [1.54, 1.807) is 0 Å². The van der Waals surface area contributed by atoms with Gasteiger partial charge in [-0.15, -0.1) is 0 Å². The van der Waals surface area contributed by atoms with Crippen LogP contribution in [0, 0.1) is 5.92 Å². The first kappa shape index (κ1) is 11.1. The van der Waals surface area contributed by atoms with E-state index < -0.39 is 0 Å².